The molecule has 1 atom stereocenters. The number of hydrogen-bond donors (Lipinski definition) is 2. The quantitative estimate of drug-likeness (QED) is 0.658. The Morgan fingerprint density at radius 2 is 1.68 bits per heavy atom. The fraction of sp³-hybridized carbons (Fsp3) is 0.300. The van der Waals surface area contributed by atoms with Gasteiger partial charge < -0.3 is 10.1 Å². The van der Waals surface area contributed by atoms with Gasteiger partial charge in [-0.05, 0) is 44.5 Å². The predicted octanol–water partition coefficient (Wildman–Crippen LogP) is 2.41. The first-order valence-corrected chi connectivity index (χ1v) is 10.3. The van der Waals surface area contributed by atoms with Crippen LogP contribution in [0.2, 0.25) is 0 Å². The van der Waals surface area contributed by atoms with Crippen LogP contribution in [0.1, 0.15) is 42.7 Å². The van der Waals surface area contributed by atoms with Crippen molar-refractivity contribution in [3.05, 3.63) is 65.7 Å². The van der Waals surface area contributed by atoms with Crippen LogP contribution in [0.5, 0.6) is 0 Å². The highest BCUT2D eigenvalue weighted by molar-refractivity contribution is 7.89. The first kappa shape index (κ1) is 21.6. The highest BCUT2D eigenvalue weighted by atomic mass is 32.2. The summed E-state index contributed by atoms with van der Waals surface area (Å²) in [5.74, 6) is -1.20. The molecule has 1 amide bonds. The van der Waals surface area contributed by atoms with Gasteiger partial charge in [-0.1, -0.05) is 36.4 Å². The Hall–Kier alpha value is -2.71. The molecule has 0 radical (unpaired) electrons. The lowest BCUT2D eigenvalue weighted by Gasteiger charge is -2.15. The number of carbonyl (C=O) groups is 2. The number of hydrogen-bond acceptors (Lipinski definition) is 5. The minimum absolute atomic E-state index is 0.0487. The van der Waals surface area contributed by atoms with Crippen molar-refractivity contribution in [1.82, 2.24) is 10.0 Å². The summed E-state index contributed by atoms with van der Waals surface area (Å²) >= 11 is 0. The molecule has 0 fully saturated rings. The normalized spacial score (nSPS) is 12.4. The molecule has 0 unspecified atom stereocenters. The van der Waals surface area contributed by atoms with E-state index in [1.807, 2.05) is 30.3 Å². The van der Waals surface area contributed by atoms with Gasteiger partial charge in [0.05, 0.1) is 10.5 Å². The van der Waals surface area contributed by atoms with Crippen molar-refractivity contribution in [2.75, 3.05) is 6.61 Å². The van der Waals surface area contributed by atoms with Crippen LogP contribution >= 0.6 is 0 Å². The fourth-order valence-corrected chi connectivity index (χ4v) is 3.76. The smallest absolute Gasteiger partial charge is 0.338 e. The summed E-state index contributed by atoms with van der Waals surface area (Å²) in [5, 5.41) is 2.60. The van der Waals surface area contributed by atoms with Crippen molar-refractivity contribution >= 4 is 21.9 Å². The first-order chi connectivity index (χ1) is 13.2. The van der Waals surface area contributed by atoms with Crippen LogP contribution in [0.25, 0.3) is 0 Å². The van der Waals surface area contributed by atoms with Gasteiger partial charge in [0.2, 0.25) is 10.0 Å². The first-order valence-electron chi connectivity index (χ1n) is 8.83. The molecule has 2 N–H and O–H groups in total. The van der Waals surface area contributed by atoms with E-state index >= 15 is 0 Å². The molecule has 0 bridgehead atoms. The average molecular weight is 404 g/mol. The highest BCUT2D eigenvalue weighted by Gasteiger charge is 2.20. The number of carbonyl (C=O) groups excluding carboxylic acids is 2. The van der Waals surface area contributed by atoms with Gasteiger partial charge in [-0.25, -0.2) is 17.9 Å². The van der Waals surface area contributed by atoms with Gasteiger partial charge >= 0.3 is 5.97 Å². The summed E-state index contributed by atoms with van der Waals surface area (Å²) in [4.78, 5) is 23.7. The maximum Gasteiger partial charge on any atom is 0.338 e. The third-order valence-corrected chi connectivity index (χ3v) is 5.33. The van der Waals surface area contributed by atoms with E-state index in [2.05, 4.69) is 10.0 Å². The summed E-state index contributed by atoms with van der Waals surface area (Å²) in [6.45, 7) is 4.88. The molecule has 0 saturated heterocycles. The lowest BCUT2D eigenvalue weighted by atomic mass is 10.1. The lowest BCUT2D eigenvalue weighted by molar-refractivity contribution is -0.124. The highest BCUT2D eigenvalue weighted by Crippen LogP contribution is 2.18. The van der Waals surface area contributed by atoms with Crippen molar-refractivity contribution in [1.29, 1.82) is 0 Å². The number of ether oxygens (including phenoxy) is 1. The SMILES string of the molecule is CC(C)NC(=O)COC(=O)c1cccc(S(=O)(=O)N[C@@H](C)c2ccccc2)c1. The van der Waals surface area contributed by atoms with Crippen LogP contribution in [0, 0.1) is 0 Å². The van der Waals surface area contributed by atoms with Crippen molar-refractivity contribution in [2.45, 2.75) is 37.8 Å². The van der Waals surface area contributed by atoms with Crippen LogP contribution in [0.15, 0.2) is 59.5 Å². The van der Waals surface area contributed by atoms with E-state index in [0.29, 0.717) is 0 Å². The molecule has 0 aliphatic rings. The number of nitrogens with one attached hydrogen (secondary N) is 2. The molecule has 150 valence electrons. The van der Waals surface area contributed by atoms with E-state index in [-0.39, 0.29) is 16.5 Å². The maximum atomic E-state index is 12.7. The second-order valence-corrected chi connectivity index (χ2v) is 8.29. The Bertz CT molecular complexity index is 927. The fourth-order valence-electron chi connectivity index (χ4n) is 2.48. The molecular formula is C20H24N2O5S. The van der Waals surface area contributed by atoms with Gasteiger partial charge in [-0.3, -0.25) is 4.79 Å². The maximum absolute atomic E-state index is 12.7. The van der Waals surface area contributed by atoms with Crippen LogP contribution in [-0.2, 0) is 19.6 Å². The lowest BCUT2D eigenvalue weighted by Crippen LogP contribution is -2.34. The molecule has 0 saturated carbocycles. The van der Waals surface area contributed by atoms with Crippen molar-refractivity contribution < 1.29 is 22.7 Å². The second-order valence-electron chi connectivity index (χ2n) is 6.58. The zero-order valence-corrected chi connectivity index (χ0v) is 16.8. The van der Waals surface area contributed by atoms with Crippen molar-refractivity contribution in [2.24, 2.45) is 0 Å². The molecule has 2 aromatic carbocycles. The predicted molar refractivity (Wildman–Crippen MR) is 105 cm³/mol. The Balaban J connectivity index is 2.08. The molecule has 0 spiro atoms. The summed E-state index contributed by atoms with van der Waals surface area (Å²) in [6.07, 6.45) is 0. The Labute approximate surface area is 165 Å². The topological polar surface area (TPSA) is 102 Å². The van der Waals surface area contributed by atoms with Crippen molar-refractivity contribution in [3.63, 3.8) is 0 Å². The third-order valence-electron chi connectivity index (χ3n) is 3.80. The largest absolute Gasteiger partial charge is 0.452 e. The van der Waals surface area contributed by atoms with E-state index in [0.717, 1.165) is 5.56 Å². The molecule has 0 aliphatic carbocycles. The molecule has 8 heteroatoms. The van der Waals surface area contributed by atoms with E-state index < -0.39 is 34.5 Å². The van der Waals surface area contributed by atoms with Gasteiger partial charge in [0.1, 0.15) is 0 Å². The van der Waals surface area contributed by atoms with Crippen molar-refractivity contribution in [3.8, 4) is 0 Å². The van der Waals surface area contributed by atoms with Gasteiger partial charge in [0.15, 0.2) is 6.61 Å². The summed E-state index contributed by atoms with van der Waals surface area (Å²) in [5.41, 5.74) is 0.866. The Kier molecular flexibility index (Phi) is 7.31. The Morgan fingerprint density at radius 1 is 1.00 bits per heavy atom. The van der Waals surface area contributed by atoms with Gasteiger partial charge in [0.25, 0.3) is 5.91 Å². The number of rotatable bonds is 8. The number of sulfonamides is 1. The summed E-state index contributed by atoms with van der Waals surface area (Å²) in [7, 11) is -3.85. The molecule has 0 heterocycles. The summed E-state index contributed by atoms with van der Waals surface area (Å²) in [6, 6.07) is 14.1. The molecule has 2 rings (SSSR count). The zero-order valence-electron chi connectivity index (χ0n) is 16.0. The standard InChI is InChI=1S/C20H24N2O5S/c1-14(2)21-19(23)13-27-20(24)17-10-7-11-18(12-17)28(25,26)22-15(3)16-8-5-4-6-9-16/h4-12,14-15,22H,13H2,1-3H3,(H,21,23)/t15-/m0/s1. The second kappa shape index (κ2) is 9.48. The van der Waals surface area contributed by atoms with Crippen LogP contribution in [-0.4, -0.2) is 32.9 Å². The molecular weight excluding hydrogens is 380 g/mol. The molecule has 28 heavy (non-hydrogen) atoms. The average Bonchev–Trinajstić information content (AvgIpc) is 2.66. The van der Waals surface area contributed by atoms with Crippen LogP contribution < -0.4 is 10.0 Å². The summed E-state index contributed by atoms with van der Waals surface area (Å²) < 4.78 is 32.8. The van der Waals surface area contributed by atoms with E-state index in [4.69, 9.17) is 4.74 Å². The number of esters is 1. The molecule has 7 nitrogen and oxygen atoms in total. The zero-order chi connectivity index (χ0) is 20.7. The van der Waals surface area contributed by atoms with Crippen LogP contribution in [0.4, 0.5) is 0 Å². The van der Waals surface area contributed by atoms with Crippen LogP contribution in [0.3, 0.4) is 0 Å². The minimum atomic E-state index is -3.85. The van der Waals surface area contributed by atoms with Gasteiger partial charge in [0, 0.05) is 12.1 Å². The molecule has 0 aliphatic heterocycles. The van der Waals surface area contributed by atoms with E-state index in [1.54, 1.807) is 20.8 Å². The monoisotopic (exact) mass is 404 g/mol. The van der Waals surface area contributed by atoms with E-state index in [9.17, 15) is 18.0 Å². The number of amides is 1. The van der Waals surface area contributed by atoms with Gasteiger partial charge in [-0.2, -0.15) is 0 Å². The van der Waals surface area contributed by atoms with Gasteiger partial charge in [-0.15, -0.1) is 0 Å². The minimum Gasteiger partial charge on any atom is -0.452 e. The van der Waals surface area contributed by atoms with E-state index in [1.165, 1.54) is 24.3 Å². The Morgan fingerprint density at radius 3 is 2.32 bits per heavy atom. The number of benzene rings is 2. The molecule has 2 aromatic rings. The third kappa shape index (κ3) is 6.17. The molecule has 0 aromatic heterocycles.